The van der Waals surface area contributed by atoms with E-state index in [4.69, 9.17) is 15.0 Å². The lowest BCUT2D eigenvalue weighted by atomic mass is 9.93. The Morgan fingerprint density at radius 2 is 0.597 bits per heavy atom. The molecule has 0 unspecified atom stereocenters. The summed E-state index contributed by atoms with van der Waals surface area (Å²) in [5, 5.41) is 8.97. The molecule has 72 heavy (non-hydrogen) atoms. The molecule has 3 aromatic heterocycles. The number of anilines is 3. The first-order chi connectivity index (χ1) is 34.3. The lowest BCUT2D eigenvalue weighted by molar-refractivity contribution is 0.0977. The molecule has 0 saturated heterocycles. The number of carbonyl (C=O) groups excluding carboxylic acids is 3. The van der Waals surface area contributed by atoms with Gasteiger partial charge in [0, 0.05) is 68.6 Å². The number of aromatic nitrogens is 3. The van der Waals surface area contributed by atoms with Gasteiger partial charge in [-0.3, -0.25) is 29.3 Å². The zero-order chi connectivity index (χ0) is 50.7. The molecular weight excluding hydrogens is 889 g/mol. The third-order valence-corrected chi connectivity index (χ3v) is 12.9. The summed E-state index contributed by atoms with van der Waals surface area (Å²) in [6.45, 7) is 19.7. The maximum absolute atomic E-state index is 15.6. The maximum atomic E-state index is 15.6. The molecule has 360 valence electrons. The van der Waals surface area contributed by atoms with E-state index in [0.717, 1.165) is 65.0 Å². The van der Waals surface area contributed by atoms with E-state index in [1.54, 1.807) is 51.5 Å². The molecule has 0 fully saturated rings. The van der Waals surface area contributed by atoms with Crippen molar-refractivity contribution in [2.45, 2.75) is 62.3 Å². The van der Waals surface area contributed by atoms with E-state index in [9.17, 15) is 0 Å². The Morgan fingerprint density at radius 1 is 0.347 bits per heavy atom. The largest absolute Gasteiger partial charge is 0.306 e. The Labute approximate surface area is 421 Å². The van der Waals surface area contributed by atoms with Gasteiger partial charge in [-0.1, -0.05) is 172 Å². The quantitative estimate of drug-likeness (QED) is 0.134. The summed E-state index contributed by atoms with van der Waals surface area (Å²) >= 11 is 0. The first-order valence-corrected chi connectivity index (χ1v) is 24.7. The van der Waals surface area contributed by atoms with Crippen molar-refractivity contribution in [3.63, 3.8) is 0 Å². The van der Waals surface area contributed by atoms with Gasteiger partial charge in [-0.15, -0.1) is 0 Å². The number of carbonyl (C=O) groups is 3. The second kappa shape index (κ2) is 18.3. The Balaban J connectivity index is 1.13. The van der Waals surface area contributed by atoms with Crippen molar-refractivity contribution in [2.75, 3.05) is 34.3 Å². The Morgan fingerprint density at radius 3 is 0.861 bits per heavy atom. The van der Waals surface area contributed by atoms with E-state index in [1.807, 2.05) is 72.8 Å². The topological polar surface area (TPSA) is 99.6 Å². The predicted molar refractivity (Wildman–Crippen MR) is 298 cm³/mol. The summed E-state index contributed by atoms with van der Waals surface area (Å²) in [6.07, 6.45) is 5.25. The van der Waals surface area contributed by atoms with Crippen molar-refractivity contribution in [3.05, 3.63) is 181 Å². The van der Waals surface area contributed by atoms with Gasteiger partial charge in [0.1, 0.15) is 0 Å². The number of fused-ring (bicyclic) bond motifs is 9. The van der Waals surface area contributed by atoms with Crippen LogP contribution in [0.1, 0.15) is 93.4 Å². The molecule has 9 heteroatoms. The highest BCUT2D eigenvalue weighted by atomic mass is 16.2. The molecule has 0 aliphatic heterocycles. The lowest BCUT2D eigenvalue weighted by Crippen LogP contribution is -2.40. The number of pyridine rings is 3. The van der Waals surface area contributed by atoms with E-state index in [2.05, 4.69) is 117 Å². The summed E-state index contributed by atoms with van der Waals surface area (Å²) in [5.41, 5.74) is 3.88. The normalized spacial score (nSPS) is 12.3. The summed E-state index contributed by atoms with van der Waals surface area (Å²) in [4.78, 5) is 66.8. The minimum Gasteiger partial charge on any atom is -0.306 e. The highest BCUT2D eigenvalue weighted by molar-refractivity contribution is 6.16. The molecule has 0 radical (unpaired) electrons. The molecule has 9 nitrogen and oxygen atoms in total. The summed E-state index contributed by atoms with van der Waals surface area (Å²) in [6, 6.07) is 47.6. The number of amides is 3. The average molecular weight is 949 g/mol. The van der Waals surface area contributed by atoms with Crippen molar-refractivity contribution in [2.24, 2.45) is 16.2 Å². The highest BCUT2D eigenvalue weighted by Gasteiger charge is 2.32. The SMILES string of the molecule is CC(C)(C)CN(C(=O)c1cc(C(=O)N(CC(C)(C)C)c2cnc3c(ccc4ccccc43)c2)cc(C(=O)N(CC(C)(C)C)c2cnc3c(ccc4ccccc43)c2)c1)c1cnc2c(ccc3ccccc32)c1. The van der Waals surface area contributed by atoms with E-state index in [0.29, 0.717) is 36.7 Å². The third-order valence-electron chi connectivity index (χ3n) is 12.9. The fraction of sp³-hybridized carbons (Fsp3) is 0.238. The van der Waals surface area contributed by atoms with E-state index in [-0.39, 0.29) is 50.7 Å². The Bertz CT molecular complexity index is 3380. The Kier molecular flexibility index (Phi) is 12.1. The first-order valence-electron chi connectivity index (χ1n) is 24.7. The molecular formula is C63H60N6O3. The molecule has 0 atom stereocenters. The van der Waals surface area contributed by atoms with Gasteiger partial charge in [0.2, 0.25) is 0 Å². The van der Waals surface area contributed by atoms with Crippen molar-refractivity contribution < 1.29 is 14.4 Å². The van der Waals surface area contributed by atoms with Gasteiger partial charge in [-0.25, -0.2) is 0 Å². The molecule has 10 aromatic rings. The number of benzene rings is 7. The zero-order valence-corrected chi connectivity index (χ0v) is 42.6. The molecule has 0 saturated carbocycles. The van der Waals surface area contributed by atoms with Gasteiger partial charge in [-0.05, 0) is 68.8 Å². The second-order valence-corrected chi connectivity index (χ2v) is 22.8. The van der Waals surface area contributed by atoms with Crippen LogP contribution in [0.5, 0.6) is 0 Å². The van der Waals surface area contributed by atoms with Gasteiger partial charge in [0.05, 0.1) is 52.2 Å². The van der Waals surface area contributed by atoms with Crippen LogP contribution in [0.4, 0.5) is 17.1 Å². The van der Waals surface area contributed by atoms with Gasteiger partial charge >= 0.3 is 0 Å². The summed E-state index contributed by atoms with van der Waals surface area (Å²) < 4.78 is 0. The van der Waals surface area contributed by atoms with E-state index < -0.39 is 0 Å². The van der Waals surface area contributed by atoms with Gasteiger partial charge < -0.3 is 14.7 Å². The van der Waals surface area contributed by atoms with Gasteiger partial charge in [-0.2, -0.15) is 0 Å². The molecule has 10 rings (SSSR count). The Hall–Kier alpha value is -8.04. The first kappa shape index (κ1) is 47.6. The van der Waals surface area contributed by atoms with Crippen molar-refractivity contribution in [1.82, 2.24) is 15.0 Å². The molecule has 3 heterocycles. The van der Waals surface area contributed by atoms with Crippen molar-refractivity contribution in [1.29, 1.82) is 0 Å². The van der Waals surface area contributed by atoms with Crippen LogP contribution in [0.3, 0.4) is 0 Å². The second-order valence-electron chi connectivity index (χ2n) is 22.8. The molecule has 0 aliphatic carbocycles. The highest BCUT2D eigenvalue weighted by Crippen LogP contribution is 2.35. The van der Waals surface area contributed by atoms with E-state index in [1.165, 1.54) is 0 Å². The monoisotopic (exact) mass is 948 g/mol. The zero-order valence-electron chi connectivity index (χ0n) is 42.6. The predicted octanol–water partition coefficient (Wildman–Crippen LogP) is 14.9. The third kappa shape index (κ3) is 9.71. The van der Waals surface area contributed by atoms with Crippen LogP contribution in [-0.2, 0) is 0 Å². The number of nitrogens with zero attached hydrogens (tertiary/aromatic N) is 6. The van der Waals surface area contributed by atoms with E-state index >= 15 is 14.4 Å². The number of hydrogen-bond donors (Lipinski definition) is 0. The minimum absolute atomic E-state index is 0.199. The molecule has 7 aromatic carbocycles. The standard InChI is InChI=1S/C63H60N6O3/c1-61(2,3)37-67(49-31-43-25-22-40-16-10-13-19-52(40)55(43)64-34-49)58(70)46-28-47(59(71)68(38-62(4,5)6)50-32-44-26-23-41-17-11-14-20-53(41)56(44)65-35-50)30-48(29-46)60(72)69(39-63(7,8)9)51-33-45-27-24-42-18-12-15-21-54(42)57(45)66-36-51/h10-36H,37-39H2,1-9H3. The smallest absolute Gasteiger partial charge is 0.258 e. The maximum Gasteiger partial charge on any atom is 0.258 e. The van der Waals surface area contributed by atoms with Crippen LogP contribution in [-0.4, -0.2) is 52.3 Å². The van der Waals surface area contributed by atoms with Crippen LogP contribution in [0.25, 0.3) is 65.0 Å². The minimum atomic E-state index is -0.362. The van der Waals surface area contributed by atoms with Gasteiger partial charge in [0.15, 0.2) is 0 Å². The lowest BCUT2D eigenvalue weighted by Gasteiger charge is -2.32. The molecule has 0 aliphatic rings. The molecule has 0 spiro atoms. The van der Waals surface area contributed by atoms with Crippen LogP contribution in [0.2, 0.25) is 0 Å². The average Bonchev–Trinajstić information content (AvgIpc) is 3.36. The van der Waals surface area contributed by atoms with Crippen molar-refractivity contribution in [3.8, 4) is 0 Å². The van der Waals surface area contributed by atoms with Crippen LogP contribution < -0.4 is 14.7 Å². The van der Waals surface area contributed by atoms with Crippen LogP contribution >= 0.6 is 0 Å². The molecule has 0 bridgehead atoms. The number of hydrogen-bond acceptors (Lipinski definition) is 6. The fourth-order valence-corrected chi connectivity index (χ4v) is 9.75. The molecule has 0 N–H and O–H groups in total. The van der Waals surface area contributed by atoms with Crippen LogP contribution in [0.15, 0.2) is 164 Å². The fourth-order valence-electron chi connectivity index (χ4n) is 9.75. The number of rotatable bonds is 9. The summed E-state index contributed by atoms with van der Waals surface area (Å²) in [5.74, 6) is -1.09. The van der Waals surface area contributed by atoms with Crippen molar-refractivity contribution >= 4 is 99.8 Å². The van der Waals surface area contributed by atoms with Crippen LogP contribution in [0, 0.1) is 16.2 Å². The van der Waals surface area contributed by atoms with Gasteiger partial charge in [0.25, 0.3) is 17.7 Å². The molecule has 3 amide bonds. The summed E-state index contributed by atoms with van der Waals surface area (Å²) in [7, 11) is 0.